The number of carbonyl (C=O) groups excluding carboxylic acids is 2. The summed E-state index contributed by atoms with van der Waals surface area (Å²) in [5, 5.41) is 2.12. The number of aryl methyl sites for hydroxylation is 1. The molecule has 0 aliphatic carbocycles. The predicted octanol–water partition coefficient (Wildman–Crippen LogP) is 9.71. The summed E-state index contributed by atoms with van der Waals surface area (Å²) in [5.74, 6) is 2.12. The first-order chi connectivity index (χ1) is 20.5. The average Bonchev–Trinajstić information content (AvgIpc) is 3.05. The van der Waals surface area contributed by atoms with Gasteiger partial charge in [-0.15, -0.1) is 0 Å². The van der Waals surface area contributed by atoms with Crippen molar-refractivity contribution in [2.45, 2.75) is 14.4 Å². The van der Waals surface area contributed by atoms with E-state index in [2.05, 4.69) is 0 Å². The van der Waals surface area contributed by atoms with Crippen molar-refractivity contribution in [3.63, 3.8) is 0 Å². The molecule has 212 valence electrons. The molecule has 0 aliphatic heterocycles. The van der Waals surface area contributed by atoms with Crippen molar-refractivity contribution < 1.29 is 19.1 Å². The van der Waals surface area contributed by atoms with Crippen LogP contribution in [0.3, 0.4) is 0 Å². The second kappa shape index (κ2) is 12.6. The predicted molar refractivity (Wildman–Crippen MR) is 174 cm³/mol. The Morgan fingerprint density at radius 3 is 1.30 bits per heavy atom. The van der Waals surface area contributed by atoms with Crippen molar-refractivity contribution in [1.29, 1.82) is 0 Å². The smallest absolute Gasteiger partial charge is 0.193 e. The van der Waals surface area contributed by atoms with E-state index in [-0.39, 0.29) is 19.0 Å². The lowest BCUT2D eigenvalue weighted by molar-refractivity contribution is 0.103. The van der Waals surface area contributed by atoms with Crippen LogP contribution in [-0.2, 0) is 0 Å². The fourth-order valence-corrected chi connectivity index (χ4v) is 4.87. The molecule has 6 rings (SSSR count). The zero-order valence-electron chi connectivity index (χ0n) is 23.3. The summed E-state index contributed by atoms with van der Waals surface area (Å²) in [7, 11) is 1.65. The van der Waals surface area contributed by atoms with E-state index in [0.717, 1.165) is 39.0 Å². The van der Waals surface area contributed by atoms with Crippen LogP contribution >= 0.6 is 0 Å². The van der Waals surface area contributed by atoms with E-state index in [1.54, 1.807) is 31.4 Å². The van der Waals surface area contributed by atoms with Gasteiger partial charge in [0.2, 0.25) is 0 Å². The Balaban J connectivity index is 0.00000368. The van der Waals surface area contributed by atoms with Crippen molar-refractivity contribution in [1.82, 2.24) is 0 Å². The van der Waals surface area contributed by atoms with Gasteiger partial charge in [0.05, 0.1) is 7.11 Å². The van der Waals surface area contributed by atoms with Gasteiger partial charge < -0.3 is 9.47 Å². The summed E-state index contributed by atoms with van der Waals surface area (Å²) in [6.07, 6.45) is 0. The maximum atomic E-state index is 13.1. The molecule has 4 heteroatoms. The highest BCUT2D eigenvalue weighted by Crippen LogP contribution is 2.29. The number of ketones is 2. The van der Waals surface area contributed by atoms with E-state index in [0.29, 0.717) is 28.0 Å². The maximum Gasteiger partial charge on any atom is 0.193 e. The van der Waals surface area contributed by atoms with Gasteiger partial charge >= 0.3 is 0 Å². The zero-order valence-corrected chi connectivity index (χ0v) is 23.3. The Labute approximate surface area is 252 Å². The SMILES string of the molecule is C.COc1ccc2cc(Oc3ccc(C(=O)c4ccc(-c5ccc(C(=O)c6ccc(C)cc6)cc5)cc4)cc3)ccc2c1. The lowest BCUT2D eigenvalue weighted by Gasteiger charge is -2.09. The summed E-state index contributed by atoms with van der Waals surface area (Å²) in [6.45, 7) is 2.00. The van der Waals surface area contributed by atoms with Crippen LogP contribution in [0.4, 0.5) is 0 Å². The summed E-state index contributed by atoms with van der Waals surface area (Å²) in [4.78, 5) is 25.9. The topological polar surface area (TPSA) is 52.6 Å². The number of methoxy groups -OCH3 is 1. The zero-order chi connectivity index (χ0) is 29.1. The molecule has 0 fully saturated rings. The Morgan fingerprint density at radius 1 is 0.465 bits per heavy atom. The number of hydrogen-bond acceptors (Lipinski definition) is 4. The van der Waals surface area contributed by atoms with Gasteiger partial charge in [-0.1, -0.05) is 97.9 Å². The highest BCUT2D eigenvalue weighted by atomic mass is 16.5. The quantitative estimate of drug-likeness (QED) is 0.173. The van der Waals surface area contributed by atoms with E-state index >= 15 is 0 Å². The number of carbonyl (C=O) groups is 2. The number of benzene rings is 6. The van der Waals surface area contributed by atoms with Crippen molar-refractivity contribution in [3.05, 3.63) is 161 Å². The molecule has 43 heavy (non-hydrogen) atoms. The Kier molecular flexibility index (Phi) is 8.49. The lowest BCUT2D eigenvalue weighted by Crippen LogP contribution is -2.01. The first-order valence-corrected chi connectivity index (χ1v) is 13.7. The molecule has 0 atom stereocenters. The van der Waals surface area contributed by atoms with Gasteiger partial charge in [-0.3, -0.25) is 9.59 Å². The molecule has 6 aromatic rings. The molecule has 0 amide bonds. The van der Waals surface area contributed by atoms with Gasteiger partial charge in [-0.2, -0.15) is 0 Å². The van der Waals surface area contributed by atoms with Crippen LogP contribution in [0.5, 0.6) is 17.2 Å². The van der Waals surface area contributed by atoms with Gasteiger partial charge in [0, 0.05) is 22.3 Å². The third-order valence-electron chi connectivity index (χ3n) is 7.31. The van der Waals surface area contributed by atoms with Crippen molar-refractivity contribution in [2.24, 2.45) is 0 Å². The number of ether oxygens (including phenoxy) is 2. The van der Waals surface area contributed by atoms with Gasteiger partial charge in [-0.05, 0) is 77.4 Å². The lowest BCUT2D eigenvalue weighted by atomic mass is 9.97. The second-order valence-corrected chi connectivity index (χ2v) is 10.2. The summed E-state index contributed by atoms with van der Waals surface area (Å²) < 4.78 is 11.3. The van der Waals surface area contributed by atoms with Gasteiger partial charge in [0.25, 0.3) is 0 Å². The molecule has 6 aromatic carbocycles. The third kappa shape index (κ3) is 6.39. The molecule has 0 radical (unpaired) electrons. The number of hydrogen-bond donors (Lipinski definition) is 0. The molecule has 4 nitrogen and oxygen atoms in total. The van der Waals surface area contributed by atoms with Crippen molar-refractivity contribution in [2.75, 3.05) is 7.11 Å². The van der Waals surface area contributed by atoms with Gasteiger partial charge in [-0.25, -0.2) is 0 Å². The maximum absolute atomic E-state index is 13.1. The van der Waals surface area contributed by atoms with Crippen molar-refractivity contribution >= 4 is 22.3 Å². The Bertz CT molecular complexity index is 1880. The minimum absolute atomic E-state index is 0. The highest BCUT2D eigenvalue weighted by Gasteiger charge is 2.12. The normalized spacial score (nSPS) is 10.6. The van der Waals surface area contributed by atoms with E-state index in [9.17, 15) is 9.59 Å². The van der Waals surface area contributed by atoms with Gasteiger partial charge in [0.15, 0.2) is 11.6 Å². The number of rotatable bonds is 8. The van der Waals surface area contributed by atoms with Crippen LogP contribution in [0.2, 0.25) is 0 Å². The van der Waals surface area contributed by atoms with Crippen LogP contribution in [0, 0.1) is 6.92 Å². The molecular weight excluding hydrogens is 532 g/mol. The minimum Gasteiger partial charge on any atom is -0.497 e. The monoisotopic (exact) mass is 564 g/mol. The molecule has 0 spiro atoms. The molecule has 0 saturated heterocycles. The molecule has 0 heterocycles. The van der Waals surface area contributed by atoms with Crippen LogP contribution in [-0.4, -0.2) is 18.7 Å². The summed E-state index contributed by atoms with van der Waals surface area (Å²) in [5.41, 5.74) is 5.56. The van der Waals surface area contributed by atoms with E-state index < -0.39 is 0 Å². The molecule has 0 N–H and O–H groups in total. The molecule has 0 aliphatic rings. The molecular formula is C39H32O4. The van der Waals surface area contributed by atoms with Crippen molar-refractivity contribution in [3.8, 4) is 28.4 Å². The first kappa shape index (κ1) is 29.0. The first-order valence-electron chi connectivity index (χ1n) is 13.7. The molecule has 0 unspecified atom stereocenters. The Hall–Kier alpha value is -5.48. The fraction of sp³-hybridized carbons (Fsp3) is 0.0769. The van der Waals surface area contributed by atoms with Crippen LogP contribution in [0.1, 0.15) is 44.8 Å². The molecule has 0 aromatic heterocycles. The van der Waals surface area contributed by atoms with E-state index in [4.69, 9.17) is 9.47 Å². The van der Waals surface area contributed by atoms with Crippen LogP contribution in [0.15, 0.2) is 133 Å². The third-order valence-corrected chi connectivity index (χ3v) is 7.31. The average molecular weight is 565 g/mol. The fourth-order valence-electron chi connectivity index (χ4n) is 4.87. The largest absolute Gasteiger partial charge is 0.497 e. The van der Waals surface area contributed by atoms with E-state index in [1.807, 2.05) is 116 Å². The van der Waals surface area contributed by atoms with Crippen LogP contribution < -0.4 is 9.47 Å². The summed E-state index contributed by atoms with van der Waals surface area (Å²) in [6, 6.07) is 41.6. The highest BCUT2D eigenvalue weighted by molar-refractivity contribution is 6.10. The standard InChI is InChI=1S/C38H28O4.CH4/c1-25-3-5-28(6-4-25)37(39)29-11-7-26(8-12-29)27-9-13-30(14-10-27)38(40)31-15-19-34(20-16-31)42-36-22-18-32-23-35(41-2)21-17-33(32)24-36;/h3-24H,1-2H3;1H4. The molecule has 0 bridgehead atoms. The van der Waals surface area contributed by atoms with Gasteiger partial charge in [0.1, 0.15) is 17.2 Å². The summed E-state index contributed by atoms with van der Waals surface area (Å²) >= 11 is 0. The second-order valence-electron chi connectivity index (χ2n) is 10.2. The molecule has 0 saturated carbocycles. The Morgan fingerprint density at radius 2 is 0.837 bits per heavy atom. The van der Waals surface area contributed by atoms with Crippen LogP contribution in [0.25, 0.3) is 21.9 Å². The minimum atomic E-state index is -0.0632. The van der Waals surface area contributed by atoms with E-state index in [1.165, 1.54) is 0 Å². The number of fused-ring (bicyclic) bond motifs is 1.